The minimum Gasteiger partial charge on any atom is -0.354 e. The molecule has 0 spiro atoms. The number of likely N-dealkylation sites (tertiary alicyclic amines) is 1. The zero-order valence-electron chi connectivity index (χ0n) is 14.4. The molecule has 2 saturated heterocycles. The van der Waals surface area contributed by atoms with Crippen molar-refractivity contribution in [3.05, 3.63) is 24.4 Å². The molecule has 0 bridgehead atoms. The van der Waals surface area contributed by atoms with Crippen LogP contribution in [0.3, 0.4) is 0 Å². The number of pyridine rings is 1. The van der Waals surface area contributed by atoms with Crippen LogP contribution in [0.15, 0.2) is 24.4 Å². The van der Waals surface area contributed by atoms with Crippen LogP contribution in [0.2, 0.25) is 0 Å². The van der Waals surface area contributed by atoms with Crippen molar-refractivity contribution in [2.75, 3.05) is 44.2 Å². The summed E-state index contributed by atoms with van der Waals surface area (Å²) < 4.78 is 0. The highest BCUT2D eigenvalue weighted by molar-refractivity contribution is 5.77. The van der Waals surface area contributed by atoms with Crippen LogP contribution in [-0.2, 0) is 4.79 Å². The van der Waals surface area contributed by atoms with Gasteiger partial charge in [-0.2, -0.15) is 0 Å². The van der Waals surface area contributed by atoms with Gasteiger partial charge in [0.2, 0.25) is 5.91 Å². The van der Waals surface area contributed by atoms with Gasteiger partial charge in [0.25, 0.3) is 0 Å². The first-order chi connectivity index (χ1) is 11.8. The van der Waals surface area contributed by atoms with Crippen LogP contribution in [-0.4, -0.2) is 66.0 Å². The number of hydrogen-bond acceptors (Lipinski definition) is 4. The van der Waals surface area contributed by atoms with Gasteiger partial charge in [-0.05, 0) is 30.9 Å². The predicted octanol–water partition coefficient (Wildman–Crippen LogP) is 1.99. The summed E-state index contributed by atoms with van der Waals surface area (Å²) in [6.45, 7) is 6.09. The molecule has 0 atom stereocenters. The molecular formula is C19H28N4O. The molecule has 0 radical (unpaired) electrons. The van der Waals surface area contributed by atoms with E-state index in [4.69, 9.17) is 0 Å². The summed E-state index contributed by atoms with van der Waals surface area (Å²) in [7, 11) is 0. The van der Waals surface area contributed by atoms with Gasteiger partial charge in [0, 0.05) is 57.9 Å². The van der Waals surface area contributed by atoms with Crippen molar-refractivity contribution < 1.29 is 4.79 Å². The first kappa shape index (κ1) is 15.9. The summed E-state index contributed by atoms with van der Waals surface area (Å²) in [5.74, 6) is 2.14. The lowest BCUT2D eigenvalue weighted by Crippen LogP contribution is -2.64. The third kappa shape index (κ3) is 3.41. The molecule has 0 aromatic carbocycles. The third-order valence-corrected chi connectivity index (χ3v) is 5.96. The number of nitrogens with zero attached hydrogens (tertiary/aromatic N) is 4. The second-order valence-electron chi connectivity index (χ2n) is 7.52. The SMILES string of the molecule is O=C(CC1CCCC1)N1CC(N2CCN(c3ccccn3)CC2)C1. The number of amides is 1. The van der Waals surface area contributed by atoms with Gasteiger partial charge in [-0.3, -0.25) is 9.69 Å². The lowest BCUT2D eigenvalue weighted by atomic mass is 10.00. The fourth-order valence-corrected chi connectivity index (χ4v) is 4.34. The highest BCUT2D eigenvalue weighted by Crippen LogP contribution is 2.29. The Morgan fingerprint density at radius 2 is 1.83 bits per heavy atom. The van der Waals surface area contributed by atoms with Crippen LogP contribution in [0.25, 0.3) is 0 Å². The van der Waals surface area contributed by atoms with E-state index in [9.17, 15) is 4.79 Å². The maximum Gasteiger partial charge on any atom is 0.222 e. The molecule has 2 aliphatic heterocycles. The van der Waals surface area contributed by atoms with Gasteiger partial charge in [0.15, 0.2) is 0 Å². The number of aromatic nitrogens is 1. The Labute approximate surface area is 144 Å². The summed E-state index contributed by atoms with van der Waals surface area (Å²) in [5, 5.41) is 0. The van der Waals surface area contributed by atoms with Crippen molar-refractivity contribution in [2.24, 2.45) is 5.92 Å². The number of piperazine rings is 1. The molecule has 1 saturated carbocycles. The largest absolute Gasteiger partial charge is 0.354 e. The minimum atomic E-state index is 0.394. The summed E-state index contributed by atoms with van der Waals surface area (Å²) in [4.78, 5) is 23.8. The molecule has 3 fully saturated rings. The quantitative estimate of drug-likeness (QED) is 0.847. The Hall–Kier alpha value is -1.62. The van der Waals surface area contributed by atoms with E-state index >= 15 is 0 Å². The van der Waals surface area contributed by atoms with Crippen LogP contribution in [0.5, 0.6) is 0 Å². The van der Waals surface area contributed by atoms with Crippen LogP contribution in [0, 0.1) is 5.92 Å². The zero-order valence-corrected chi connectivity index (χ0v) is 14.4. The van der Waals surface area contributed by atoms with Crippen molar-refractivity contribution in [1.82, 2.24) is 14.8 Å². The molecule has 130 valence electrons. The molecule has 1 aromatic rings. The second kappa shape index (κ2) is 7.09. The van der Waals surface area contributed by atoms with Gasteiger partial charge in [0.1, 0.15) is 5.82 Å². The first-order valence-corrected chi connectivity index (χ1v) is 9.47. The summed E-state index contributed by atoms with van der Waals surface area (Å²) in [5.41, 5.74) is 0. The average molecular weight is 328 g/mol. The zero-order chi connectivity index (χ0) is 16.4. The molecule has 0 N–H and O–H groups in total. The molecule has 5 nitrogen and oxygen atoms in total. The maximum atomic E-state index is 12.3. The van der Waals surface area contributed by atoms with Crippen LogP contribution >= 0.6 is 0 Å². The molecular weight excluding hydrogens is 300 g/mol. The fraction of sp³-hybridized carbons (Fsp3) is 0.684. The van der Waals surface area contributed by atoms with Crippen molar-refractivity contribution >= 4 is 11.7 Å². The van der Waals surface area contributed by atoms with Gasteiger partial charge < -0.3 is 9.80 Å². The van der Waals surface area contributed by atoms with E-state index < -0.39 is 0 Å². The van der Waals surface area contributed by atoms with E-state index in [1.165, 1.54) is 25.7 Å². The van der Waals surface area contributed by atoms with E-state index in [1.54, 1.807) is 0 Å². The van der Waals surface area contributed by atoms with E-state index in [1.807, 2.05) is 12.3 Å². The maximum absolute atomic E-state index is 12.3. The van der Waals surface area contributed by atoms with Crippen molar-refractivity contribution in [3.8, 4) is 0 Å². The van der Waals surface area contributed by atoms with Gasteiger partial charge in [0.05, 0.1) is 0 Å². The summed E-state index contributed by atoms with van der Waals surface area (Å²) in [6.07, 6.45) is 7.82. The number of rotatable bonds is 4. The van der Waals surface area contributed by atoms with E-state index in [-0.39, 0.29) is 0 Å². The normalized spacial score (nSPS) is 23.5. The van der Waals surface area contributed by atoms with Crippen LogP contribution < -0.4 is 4.90 Å². The van der Waals surface area contributed by atoms with Crippen molar-refractivity contribution in [2.45, 2.75) is 38.1 Å². The van der Waals surface area contributed by atoms with E-state index in [0.29, 0.717) is 17.9 Å². The molecule has 1 aliphatic carbocycles. The first-order valence-electron chi connectivity index (χ1n) is 9.47. The summed E-state index contributed by atoms with van der Waals surface area (Å²) in [6, 6.07) is 6.67. The lowest BCUT2D eigenvalue weighted by molar-refractivity contribution is -0.139. The van der Waals surface area contributed by atoms with Gasteiger partial charge in [-0.15, -0.1) is 0 Å². The topological polar surface area (TPSA) is 39.7 Å². The molecule has 3 aliphatic rings. The highest BCUT2D eigenvalue weighted by Gasteiger charge is 2.36. The van der Waals surface area contributed by atoms with Gasteiger partial charge >= 0.3 is 0 Å². The van der Waals surface area contributed by atoms with Gasteiger partial charge in [-0.25, -0.2) is 4.98 Å². The number of carbonyl (C=O) groups excluding carboxylic acids is 1. The lowest BCUT2D eigenvalue weighted by Gasteiger charge is -2.48. The standard InChI is InChI=1S/C19H28N4O/c24-19(13-16-5-1-2-6-16)23-14-17(15-23)21-9-11-22(12-10-21)18-7-3-4-8-20-18/h3-4,7-8,16-17H,1-2,5-6,9-15H2. The van der Waals surface area contributed by atoms with E-state index in [2.05, 4.69) is 31.8 Å². The molecule has 1 aromatic heterocycles. The molecule has 3 heterocycles. The third-order valence-electron chi connectivity index (χ3n) is 5.96. The smallest absolute Gasteiger partial charge is 0.222 e. The molecule has 5 heteroatoms. The minimum absolute atomic E-state index is 0.394. The number of hydrogen-bond donors (Lipinski definition) is 0. The highest BCUT2D eigenvalue weighted by atomic mass is 16.2. The van der Waals surface area contributed by atoms with E-state index in [0.717, 1.165) is 51.5 Å². The number of anilines is 1. The molecule has 1 amide bonds. The Morgan fingerprint density at radius 3 is 2.50 bits per heavy atom. The van der Waals surface area contributed by atoms with Crippen molar-refractivity contribution in [3.63, 3.8) is 0 Å². The molecule has 24 heavy (non-hydrogen) atoms. The molecule has 4 rings (SSSR count). The average Bonchev–Trinajstić information content (AvgIpc) is 3.08. The fourth-order valence-electron chi connectivity index (χ4n) is 4.34. The number of carbonyl (C=O) groups is 1. The van der Waals surface area contributed by atoms with Gasteiger partial charge in [-0.1, -0.05) is 18.9 Å². The monoisotopic (exact) mass is 328 g/mol. The molecule has 0 unspecified atom stereocenters. The van der Waals surface area contributed by atoms with Crippen LogP contribution in [0.4, 0.5) is 5.82 Å². The Kier molecular flexibility index (Phi) is 4.69. The second-order valence-corrected chi connectivity index (χ2v) is 7.52. The van der Waals surface area contributed by atoms with Crippen LogP contribution in [0.1, 0.15) is 32.1 Å². The predicted molar refractivity (Wildman–Crippen MR) is 95.0 cm³/mol. The Bertz CT molecular complexity index is 544. The Morgan fingerprint density at radius 1 is 1.08 bits per heavy atom. The summed E-state index contributed by atoms with van der Waals surface area (Å²) >= 11 is 0. The van der Waals surface area contributed by atoms with Crippen molar-refractivity contribution in [1.29, 1.82) is 0 Å². The Balaban J connectivity index is 1.20.